The van der Waals surface area contributed by atoms with Crippen LogP contribution in [0, 0.1) is 0 Å². The normalized spacial score (nSPS) is 19.3. The summed E-state index contributed by atoms with van der Waals surface area (Å²) in [6.45, 7) is 3.13. The molecule has 4 heteroatoms. The summed E-state index contributed by atoms with van der Waals surface area (Å²) in [5, 5.41) is 9.21. The summed E-state index contributed by atoms with van der Waals surface area (Å²) in [5.41, 5.74) is 1.86. The number of hydrogen-bond acceptors (Lipinski definition) is 4. The monoisotopic (exact) mass is 263 g/mol. The van der Waals surface area contributed by atoms with Crippen molar-refractivity contribution in [2.75, 3.05) is 18.1 Å². The van der Waals surface area contributed by atoms with Crippen molar-refractivity contribution >= 4 is 11.7 Å². The van der Waals surface area contributed by atoms with Gasteiger partial charge < -0.3 is 14.7 Å². The van der Waals surface area contributed by atoms with Gasteiger partial charge in [-0.2, -0.15) is 0 Å². The lowest BCUT2D eigenvalue weighted by Crippen LogP contribution is -2.45. The zero-order chi connectivity index (χ0) is 13.7. The van der Waals surface area contributed by atoms with Gasteiger partial charge >= 0.3 is 5.97 Å². The summed E-state index contributed by atoms with van der Waals surface area (Å²) in [7, 11) is 0. The van der Waals surface area contributed by atoms with Gasteiger partial charge in [-0.3, -0.25) is 0 Å². The van der Waals surface area contributed by atoms with Crippen LogP contribution < -0.4 is 4.90 Å². The molecule has 0 aliphatic carbocycles. The second-order valence-electron chi connectivity index (χ2n) is 4.79. The number of rotatable bonds is 4. The molecule has 1 aromatic carbocycles. The van der Waals surface area contributed by atoms with Gasteiger partial charge in [0.1, 0.15) is 6.04 Å². The molecule has 0 aromatic heterocycles. The number of nitrogens with zero attached hydrogens (tertiary/aromatic N) is 1. The zero-order valence-electron chi connectivity index (χ0n) is 11.3. The van der Waals surface area contributed by atoms with E-state index in [0.717, 1.165) is 37.1 Å². The fourth-order valence-electron chi connectivity index (χ4n) is 2.56. The van der Waals surface area contributed by atoms with Crippen LogP contribution in [0.5, 0.6) is 0 Å². The van der Waals surface area contributed by atoms with Crippen molar-refractivity contribution < 1.29 is 14.6 Å². The third-order valence-corrected chi connectivity index (χ3v) is 3.49. The molecule has 1 aliphatic rings. The molecule has 1 N–H and O–H groups in total. The van der Waals surface area contributed by atoms with E-state index in [1.165, 1.54) is 0 Å². The summed E-state index contributed by atoms with van der Waals surface area (Å²) in [5.74, 6) is -0.142. The molecule has 0 amide bonds. The number of esters is 1. The van der Waals surface area contributed by atoms with Crippen molar-refractivity contribution in [3.05, 3.63) is 29.8 Å². The van der Waals surface area contributed by atoms with Crippen molar-refractivity contribution in [3.63, 3.8) is 0 Å². The Morgan fingerprint density at radius 1 is 1.47 bits per heavy atom. The van der Waals surface area contributed by atoms with Crippen LogP contribution in [0.3, 0.4) is 0 Å². The maximum absolute atomic E-state index is 12.0. The van der Waals surface area contributed by atoms with Crippen molar-refractivity contribution in [2.45, 2.75) is 38.8 Å². The van der Waals surface area contributed by atoms with Crippen LogP contribution in [0.1, 0.15) is 31.7 Å². The molecule has 0 unspecified atom stereocenters. The van der Waals surface area contributed by atoms with Crippen LogP contribution in [-0.4, -0.2) is 30.3 Å². The highest BCUT2D eigenvalue weighted by Crippen LogP contribution is 2.26. The Morgan fingerprint density at radius 3 is 3.05 bits per heavy atom. The first-order valence-electron chi connectivity index (χ1n) is 6.89. The van der Waals surface area contributed by atoms with E-state index in [2.05, 4.69) is 4.90 Å². The number of carbonyl (C=O) groups is 1. The molecule has 1 saturated heterocycles. The highest BCUT2D eigenvalue weighted by Gasteiger charge is 2.29. The van der Waals surface area contributed by atoms with Gasteiger partial charge in [0.25, 0.3) is 0 Å². The first kappa shape index (κ1) is 13.9. The van der Waals surface area contributed by atoms with E-state index in [0.29, 0.717) is 6.61 Å². The topological polar surface area (TPSA) is 49.8 Å². The first-order valence-corrected chi connectivity index (χ1v) is 6.89. The summed E-state index contributed by atoms with van der Waals surface area (Å²) in [4.78, 5) is 14.1. The maximum atomic E-state index is 12.0. The molecule has 104 valence electrons. The number of piperidine rings is 1. The molecule has 0 spiro atoms. The Morgan fingerprint density at radius 2 is 2.32 bits per heavy atom. The molecular formula is C15H21NO3. The lowest BCUT2D eigenvalue weighted by atomic mass is 10.0. The van der Waals surface area contributed by atoms with Crippen molar-refractivity contribution in [1.29, 1.82) is 0 Å². The SMILES string of the molecule is CCOC(=O)[C@H]1CCCCN1c1cccc(CO)c1. The Kier molecular flexibility index (Phi) is 4.80. The molecule has 1 atom stereocenters. The number of ether oxygens (including phenoxy) is 1. The standard InChI is InChI=1S/C15H21NO3/c1-2-19-15(18)14-8-3-4-9-16(14)13-7-5-6-12(10-13)11-17/h5-7,10,14,17H,2-4,8-9,11H2,1H3/t14-/m1/s1. The third-order valence-electron chi connectivity index (χ3n) is 3.49. The lowest BCUT2D eigenvalue weighted by molar-refractivity contribution is -0.145. The number of anilines is 1. The number of aliphatic hydroxyl groups excluding tert-OH is 1. The van der Waals surface area contributed by atoms with Gasteiger partial charge in [-0.15, -0.1) is 0 Å². The average Bonchev–Trinajstić information content (AvgIpc) is 2.47. The second kappa shape index (κ2) is 6.57. The Bertz CT molecular complexity index is 433. The van der Waals surface area contributed by atoms with Gasteiger partial charge in [0.15, 0.2) is 0 Å². The predicted molar refractivity (Wildman–Crippen MR) is 74.0 cm³/mol. The molecule has 4 nitrogen and oxygen atoms in total. The van der Waals surface area contributed by atoms with E-state index in [1.807, 2.05) is 31.2 Å². The van der Waals surface area contributed by atoms with E-state index in [4.69, 9.17) is 4.74 Å². The number of hydrogen-bond donors (Lipinski definition) is 1. The van der Waals surface area contributed by atoms with Crippen LogP contribution in [0.2, 0.25) is 0 Å². The van der Waals surface area contributed by atoms with Crippen molar-refractivity contribution in [1.82, 2.24) is 0 Å². The maximum Gasteiger partial charge on any atom is 0.328 e. The Hall–Kier alpha value is -1.55. The van der Waals surface area contributed by atoms with Crippen LogP contribution in [0.25, 0.3) is 0 Å². The summed E-state index contributed by atoms with van der Waals surface area (Å²) in [6, 6.07) is 7.53. The minimum atomic E-state index is -0.192. The lowest BCUT2D eigenvalue weighted by Gasteiger charge is -2.36. The molecule has 19 heavy (non-hydrogen) atoms. The van der Waals surface area contributed by atoms with Crippen LogP contribution in [0.15, 0.2) is 24.3 Å². The van der Waals surface area contributed by atoms with Gasteiger partial charge in [0.2, 0.25) is 0 Å². The number of carbonyl (C=O) groups excluding carboxylic acids is 1. The van der Waals surface area contributed by atoms with Gasteiger partial charge in [-0.05, 0) is 43.9 Å². The minimum Gasteiger partial charge on any atom is -0.464 e. The minimum absolute atomic E-state index is 0.0196. The van der Waals surface area contributed by atoms with Crippen LogP contribution >= 0.6 is 0 Å². The highest BCUT2D eigenvalue weighted by atomic mass is 16.5. The molecule has 0 radical (unpaired) electrons. The number of aliphatic hydroxyl groups is 1. The molecule has 1 aliphatic heterocycles. The molecule has 1 heterocycles. The van der Waals surface area contributed by atoms with Gasteiger partial charge in [0.05, 0.1) is 13.2 Å². The van der Waals surface area contributed by atoms with Gasteiger partial charge in [0, 0.05) is 12.2 Å². The van der Waals surface area contributed by atoms with E-state index in [9.17, 15) is 9.90 Å². The van der Waals surface area contributed by atoms with E-state index in [1.54, 1.807) is 0 Å². The molecule has 2 rings (SSSR count). The summed E-state index contributed by atoms with van der Waals surface area (Å²) >= 11 is 0. The molecule has 0 bridgehead atoms. The molecule has 0 saturated carbocycles. The fraction of sp³-hybridized carbons (Fsp3) is 0.533. The Labute approximate surface area is 114 Å². The second-order valence-corrected chi connectivity index (χ2v) is 4.79. The average molecular weight is 263 g/mol. The quantitative estimate of drug-likeness (QED) is 0.845. The van der Waals surface area contributed by atoms with Gasteiger partial charge in [-0.1, -0.05) is 12.1 Å². The predicted octanol–water partition coefficient (Wildman–Crippen LogP) is 2.10. The summed E-state index contributed by atoms with van der Waals surface area (Å²) < 4.78 is 5.16. The van der Waals surface area contributed by atoms with E-state index in [-0.39, 0.29) is 18.6 Å². The van der Waals surface area contributed by atoms with Gasteiger partial charge in [-0.25, -0.2) is 4.79 Å². The van der Waals surface area contributed by atoms with Crippen molar-refractivity contribution in [2.24, 2.45) is 0 Å². The van der Waals surface area contributed by atoms with E-state index < -0.39 is 0 Å². The fourth-order valence-corrected chi connectivity index (χ4v) is 2.56. The van der Waals surface area contributed by atoms with Crippen molar-refractivity contribution in [3.8, 4) is 0 Å². The zero-order valence-corrected chi connectivity index (χ0v) is 11.3. The molecular weight excluding hydrogens is 242 g/mol. The smallest absolute Gasteiger partial charge is 0.328 e. The largest absolute Gasteiger partial charge is 0.464 e. The molecule has 1 aromatic rings. The number of benzene rings is 1. The summed E-state index contributed by atoms with van der Waals surface area (Å²) in [6.07, 6.45) is 2.97. The van der Waals surface area contributed by atoms with E-state index >= 15 is 0 Å². The molecule has 1 fully saturated rings. The Balaban J connectivity index is 2.20. The van der Waals surface area contributed by atoms with Crippen LogP contribution in [-0.2, 0) is 16.1 Å². The van der Waals surface area contributed by atoms with Crippen LogP contribution in [0.4, 0.5) is 5.69 Å². The third kappa shape index (κ3) is 3.26. The first-order chi connectivity index (χ1) is 9.26. The highest BCUT2D eigenvalue weighted by molar-refractivity contribution is 5.80.